The highest BCUT2D eigenvalue weighted by Gasteiger charge is 2.32. The maximum atomic E-state index is 12.6. The van der Waals surface area contributed by atoms with Crippen molar-refractivity contribution in [3.05, 3.63) is 24.3 Å². The van der Waals surface area contributed by atoms with Crippen molar-refractivity contribution in [1.82, 2.24) is 9.62 Å². The first-order chi connectivity index (χ1) is 9.98. The van der Waals surface area contributed by atoms with E-state index >= 15 is 0 Å². The molecule has 1 aromatic carbocycles. The molecule has 7 heteroatoms. The van der Waals surface area contributed by atoms with Gasteiger partial charge in [0.05, 0.1) is 17.9 Å². The Labute approximate surface area is 125 Å². The lowest BCUT2D eigenvalue weighted by molar-refractivity contribution is -0.125. The lowest BCUT2D eigenvalue weighted by Crippen LogP contribution is -2.44. The van der Waals surface area contributed by atoms with Crippen LogP contribution in [0.25, 0.3) is 0 Å². The van der Waals surface area contributed by atoms with E-state index in [1.54, 1.807) is 19.2 Å². The summed E-state index contributed by atoms with van der Waals surface area (Å²) in [5, 5.41) is 2.58. The number of carbonyl (C=O) groups is 1. The zero-order chi connectivity index (χ0) is 15.5. The summed E-state index contributed by atoms with van der Waals surface area (Å²) >= 11 is 0. The van der Waals surface area contributed by atoms with E-state index in [4.69, 9.17) is 4.74 Å². The topological polar surface area (TPSA) is 75.7 Å². The number of nitrogens with one attached hydrogen (secondary N) is 1. The second-order valence-electron chi connectivity index (χ2n) is 4.99. The molecule has 1 heterocycles. The Bertz CT molecular complexity index is 598. The molecule has 1 atom stereocenters. The van der Waals surface area contributed by atoms with Crippen molar-refractivity contribution < 1.29 is 17.9 Å². The molecule has 1 aliphatic rings. The summed E-state index contributed by atoms with van der Waals surface area (Å²) in [5.41, 5.74) is 0. The van der Waals surface area contributed by atoms with Crippen LogP contribution in [0.5, 0.6) is 5.75 Å². The Hall–Kier alpha value is -1.60. The SMILES string of the molecule is CNC(=O)C1CCCN(S(=O)(=O)c2ccc(OC)cc2)C1. The van der Waals surface area contributed by atoms with Gasteiger partial charge in [0.1, 0.15) is 5.75 Å². The van der Waals surface area contributed by atoms with Gasteiger partial charge in [-0.2, -0.15) is 4.31 Å². The van der Waals surface area contributed by atoms with Crippen molar-refractivity contribution in [1.29, 1.82) is 0 Å². The summed E-state index contributed by atoms with van der Waals surface area (Å²) in [4.78, 5) is 11.9. The maximum absolute atomic E-state index is 12.6. The van der Waals surface area contributed by atoms with Crippen LogP contribution in [-0.4, -0.2) is 45.9 Å². The van der Waals surface area contributed by atoms with E-state index in [1.807, 2.05) is 0 Å². The molecule has 116 valence electrons. The first kappa shape index (κ1) is 15.8. The second kappa shape index (κ2) is 6.44. The van der Waals surface area contributed by atoms with Crippen LogP contribution in [0.3, 0.4) is 0 Å². The molecule has 0 aromatic heterocycles. The number of piperidine rings is 1. The molecule has 1 aromatic rings. The van der Waals surface area contributed by atoms with Gasteiger partial charge in [-0.15, -0.1) is 0 Å². The van der Waals surface area contributed by atoms with Crippen molar-refractivity contribution in [2.45, 2.75) is 17.7 Å². The molecule has 1 fully saturated rings. The standard InChI is InChI=1S/C14H20N2O4S/c1-15-14(17)11-4-3-9-16(10-11)21(18,19)13-7-5-12(20-2)6-8-13/h5-8,11H,3-4,9-10H2,1-2H3,(H,15,17). The van der Waals surface area contributed by atoms with E-state index in [1.165, 1.54) is 23.5 Å². The highest BCUT2D eigenvalue weighted by atomic mass is 32.2. The molecule has 0 bridgehead atoms. The van der Waals surface area contributed by atoms with E-state index in [9.17, 15) is 13.2 Å². The molecule has 1 unspecified atom stereocenters. The van der Waals surface area contributed by atoms with Gasteiger partial charge in [-0.25, -0.2) is 8.42 Å². The van der Waals surface area contributed by atoms with Crippen molar-refractivity contribution in [3.8, 4) is 5.75 Å². The third kappa shape index (κ3) is 3.36. The number of benzene rings is 1. The van der Waals surface area contributed by atoms with E-state index in [-0.39, 0.29) is 23.3 Å². The number of carbonyl (C=O) groups excluding carboxylic acids is 1. The molecule has 0 spiro atoms. The van der Waals surface area contributed by atoms with Gasteiger partial charge in [0.15, 0.2) is 0 Å². The Morgan fingerprint density at radius 3 is 2.57 bits per heavy atom. The number of ether oxygens (including phenoxy) is 1. The zero-order valence-corrected chi connectivity index (χ0v) is 13.0. The van der Waals surface area contributed by atoms with Gasteiger partial charge < -0.3 is 10.1 Å². The normalized spacial score (nSPS) is 20.0. The summed E-state index contributed by atoms with van der Waals surface area (Å²) in [7, 11) is -0.465. The number of nitrogens with zero attached hydrogens (tertiary/aromatic N) is 1. The van der Waals surface area contributed by atoms with Gasteiger partial charge in [-0.1, -0.05) is 0 Å². The molecule has 0 saturated carbocycles. The minimum atomic E-state index is -3.56. The van der Waals surface area contributed by atoms with Crippen molar-refractivity contribution in [2.24, 2.45) is 5.92 Å². The Kier molecular flexibility index (Phi) is 4.84. The van der Waals surface area contributed by atoms with Gasteiger partial charge in [0.25, 0.3) is 0 Å². The minimum absolute atomic E-state index is 0.107. The number of hydrogen-bond donors (Lipinski definition) is 1. The fourth-order valence-corrected chi connectivity index (χ4v) is 4.00. The highest BCUT2D eigenvalue weighted by molar-refractivity contribution is 7.89. The predicted molar refractivity (Wildman–Crippen MR) is 78.5 cm³/mol. The van der Waals surface area contributed by atoms with Gasteiger partial charge in [-0.05, 0) is 37.1 Å². The molecule has 21 heavy (non-hydrogen) atoms. The molecular formula is C14H20N2O4S. The highest BCUT2D eigenvalue weighted by Crippen LogP contribution is 2.25. The van der Waals surface area contributed by atoms with Gasteiger partial charge in [0.2, 0.25) is 15.9 Å². The maximum Gasteiger partial charge on any atom is 0.243 e. The number of rotatable bonds is 4. The van der Waals surface area contributed by atoms with Crippen molar-refractivity contribution >= 4 is 15.9 Å². The third-order valence-corrected chi connectivity index (χ3v) is 5.58. The first-order valence-corrected chi connectivity index (χ1v) is 8.29. The fourth-order valence-electron chi connectivity index (χ4n) is 2.48. The average molecular weight is 312 g/mol. The van der Waals surface area contributed by atoms with Crippen LogP contribution >= 0.6 is 0 Å². The molecule has 1 N–H and O–H groups in total. The zero-order valence-electron chi connectivity index (χ0n) is 12.2. The molecule has 1 saturated heterocycles. The summed E-state index contributed by atoms with van der Waals surface area (Å²) in [5.74, 6) is 0.220. The lowest BCUT2D eigenvalue weighted by Gasteiger charge is -2.30. The van der Waals surface area contributed by atoms with Crippen molar-refractivity contribution in [2.75, 3.05) is 27.2 Å². The Morgan fingerprint density at radius 2 is 2.00 bits per heavy atom. The van der Waals surface area contributed by atoms with Crippen LogP contribution in [0.15, 0.2) is 29.2 Å². The summed E-state index contributed by atoms with van der Waals surface area (Å²) < 4.78 is 31.6. The number of amides is 1. The first-order valence-electron chi connectivity index (χ1n) is 6.85. The van der Waals surface area contributed by atoms with Gasteiger partial charge in [0, 0.05) is 20.1 Å². The average Bonchev–Trinajstić information content (AvgIpc) is 2.54. The number of hydrogen-bond acceptors (Lipinski definition) is 4. The van der Waals surface area contributed by atoms with Crippen LogP contribution in [0, 0.1) is 5.92 Å². The van der Waals surface area contributed by atoms with Crippen molar-refractivity contribution in [3.63, 3.8) is 0 Å². The third-order valence-electron chi connectivity index (χ3n) is 3.70. The smallest absolute Gasteiger partial charge is 0.243 e. The molecule has 0 radical (unpaired) electrons. The summed E-state index contributed by atoms with van der Waals surface area (Å²) in [6.45, 7) is 0.676. The lowest BCUT2D eigenvalue weighted by atomic mass is 9.99. The van der Waals surface area contributed by atoms with Crippen LogP contribution in [0.2, 0.25) is 0 Å². The molecule has 1 amide bonds. The molecular weight excluding hydrogens is 292 g/mol. The van der Waals surface area contributed by atoms with Crippen LogP contribution < -0.4 is 10.1 Å². The van der Waals surface area contributed by atoms with Gasteiger partial charge >= 0.3 is 0 Å². The quantitative estimate of drug-likeness (QED) is 0.894. The minimum Gasteiger partial charge on any atom is -0.497 e. The molecule has 0 aliphatic carbocycles. The van der Waals surface area contributed by atoms with Crippen LogP contribution in [0.1, 0.15) is 12.8 Å². The largest absolute Gasteiger partial charge is 0.497 e. The van der Waals surface area contributed by atoms with E-state index in [0.29, 0.717) is 25.1 Å². The van der Waals surface area contributed by atoms with Crippen LogP contribution in [0.4, 0.5) is 0 Å². The molecule has 1 aliphatic heterocycles. The number of methoxy groups -OCH3 is 1. The fraction of sp³-hybridized carbons (Fsp3) is 0.500. The predicted octanol–water partition coefficient (Wildman–Crippen LogP) is 0.842. The summed E-state index contributed by atoms with van der Waals surface area (Å²) in [6.07, 6.45) is 1.40. The van der Waals surface area contributed by atoms with E-state index in [2.05, 4.69) is 5.32 Å². The molecule has 2 rings (SSSR count). The van der Waals surface area contributed by atoms with E-state index in [0.717, 1.165) is 0 Å². The Balaban J connectivity index is 2.19. The van der Waals surface area contributed by atoms with Crippen LogP contribution in [-0.2, 0) is 14.8 Å². The molecule has 6 nitrogen and oxygen atoms in total. The van der Waals surface area contributed by atoms with E-state index < -0.39 is 10.0 Å². The van der Waals surface area contributed by atoms with Gasteiger partial charge in [-0.3, -0.25) is 4.79 Å². The Morgan fingerprint density at radius 1 is 1.33 bits per heavy atom. The second-order valence-corrected chi connectivity index (χ2v) is 6.93. The monoisotopic (exact) mass is 312 g/mol. The number of sulfonamides is 1. The summed E-state index contributed by atoms with van der Waals surface area (Å²) in [6, 6.07) is 6.29.